The Morgan fingerprint density at radius 3 is 2.53 bits per heavy atom. The van der Waals surface area contributed by atoms with Gasteiger partial charge < -0.3 is 23.7 Å². The number of hydrogen-bond acceptors (Lipinski definition) is 6. The van der Waals surface area contributed by atoms with Crippen molar-refractivity contribution in [2.75, 3.05) is 40.9 Å². The van der Waals surface area contributed by atoms with Crippen LogP contribution in [-0.4, -0.2) is 56.6 Å². The minimum absolute atomic E-state index is 0.121. The lowest BCUT2D eigenvalue weighted by atomic mass is 9.97. The van der Waals surface area contributed by atoms with Crippen LogP contribution in [0.2, 0.25) is 0 Å². The Labute approximate surface area is 199 Å². The van der Waals surface area contributed by atoms with Gasteiger partial charge in [0.25, 0.3) is 5.91 Å². The van der Waals surface area contributed by atoms with Gasteiger partial charge in [-0.2, -0.15) is 0 Å². The number of ether oxygens (including phenoxy) is 2. The van der Waals surface area contributed by atoms with E-state index < -0.39 is 6.04 Å². The number of likely N-dealkylation sites (N-methyl/N-ethyl adjacent to an activating group) is 1. The standard InChI is InChI=1S/C27H32N2O5/c1-6-14-33-21-11-9-18(16-22(21)32-5)24-23-25(30)19-15-17(7-2)8-10-20(19)34-26(23)27(31)29(24)13-12-28(3)4/h8-11,15-16,24H,6-7,12-14H2,1-5H3. The van der Waals surface area contributed by atoms with Gasteiger partial charge in [-0.15, -0.1) is 0 Å². The number of amides is 1. The van der Waals surface area contributed by atoms with E-state index in [1.807, 2.05) is 63.2 Å². The van der Waals surface area contributed by atoms with Gasteiger partial charge in [-0.3, -0.25) is 9.59 Å². The first kappa shape index (κ1) is 23.8. The highest BCUT2D eigenvalue weighted by atomic mass is 16.5. The van der Waals surface area contributed by atoms with Crippen LogP contribution in [0.3, 0.4) is 0 Å². The van der Waals surface area contributed by atoms with Gasteiger partial charge in [0, 0.05) is 13.1 Å². The molecule has 2 heterocycles. The third-order valence-electron chi connectivity index (χ3n) is 6.19. The third-order valence-corrected chi connectivity index (χ3v) is 6.19. The lowest BCUT2D eigenvalue weighted by Crippen LogP contribution is -2.35. The molecule has 0 aliphatic carbocycles. The Morgan fingerprint density at radius 1 is 1.06 bits per heavy atom. The molecule has 0 saturated carbocycles. The minimum Gasteiger partial charge on any atom is -0.493 e. The van der Waals surface area contributed by atoms with Gasteiger partial charge in [0.05, 0.1) is 30.7 Å². The van der Waals surface area contributed by atoms with Crippen LogP contribution in [0.1, 0.15) is 53.6 Å². The van der Waals surface area contributed by atoms with Crippen LogP contribution in [0.15, 0.2) is 45.6 Å². The topological polar surface area (TPSA) is 72.2 Å². The zero-order valence-corrected chi connectivity index (χ0v) is 20.5. The smallest absolute Gasteiger partial charge is 0.290 e. The summed E-state index contributed by atoms with van der Waals surface area (Å²) in [6.45, 7) is 5.76. The van der Waals surface area contributed by atoms with Crippen LogP contribution in [0.25, 0.3) is 11.0 Å². The molecule has 180 valence electrons. The van der Waals surface area contributed by atoms with Crippen LogP contribution in [0.4, 0.5) is 0 Å². The van der Waals surface area contributed by atoms with E-state index >= 15 is 0 Å². The molecule has 1 aromatic heterocycles. The molecule has 4 rings (SSSR count). The molecule has 1 unspecified atom stereocenters. The molecule has 1 amide bonds. The Kier molecular flexibility index (Phi) is 6.93. The van der Waals surface area contributed by atoms with E-state index in [1.165, 1.54) is 0 Å². The molecule has 2 aromatic carbocycles. The van der Waals surface area contributed by atoms with Gasteiger partial charge in [0.2, 0.25) is 5.76 Å². The fourth-order valence-corrected chi connectivity index (χ4v) is 4.36. The van der Waals surface area contributed by atoms with Crippen LogP contribution in [-0.2, 0) is 6.42 Å². The summed E-state index contributed by atoms with van der Waals surface area (Å²) in [5.41, 5.74) is 2.48. The molecule has 7 nitrogen and oxygen atoms in total. The summed E-state index contributed by atoms with van der Waals surface area (Å²) >= 11 is 0. The molecule has 1 aliphatic rings. The monoisotopic (exact) mass is 464 g/mol. The van der Waals surface area contributed by atoms with Crippen molar-refractivity contribution in [3.63, 3.8) is 0 Å². The predicted octanol–water partition coefficient (Wildman–Crippen LogP) is 4.26. The van der Waals surface area contributed by atoms with Crippen molar-refractivity contribution in [2.24, 2.45) is 0 Å². The minimum atomic E-state index is -0.567. The summed E-state index contributed by atoms with van der Waals surface area (Å²) in [5.74, 6) is 1.05. The molecular formula is C27H32N2O5. The number of nitrogens with zero attached hydrogens (tertiary/aromatic N) is 2. The Hall–Kier alpha value is -3.32. The first-order valence-electron chi connectivity index (χ1n) is 11.8. The van der Waals surface area contributed by atoms with Gasteiger partial charge in [0.1, 0.15) is 5.58 Å². The van der Waals surface area contributed by atoms with Crippen molar-refractivity contribution in [3.05, 3.63) is 69.1 Å². The fraction of sp³-hybridized carbons (Fsp3) is 0.407. The third kappa shape index (κ3) is 4.28. The molecule has 1 aliphatic heterocycles. The lowest BCUT2D eigenvalue weighted by Gasteiger charge is -2.27. The number of carbonyl (C=O) groups excluding carboxylic acids is 1. The molecule has 0 radical (unpaired) electrons. The van der Waals surface area contributed by atoms with E-state index in [4.69, 9.17) is 13.9 Å². The highest BCUT2D eigenvalue weighted by Gasteiger charge is 2.42. The first-order valence-corrected chi connectivity index (χ1v) is 11.8. The van der Waals surface area contributed by atoms with Gasteiger partial charge in [-0.05, 0) is 62.3 Å². The number of benzene rings is 2. The number of methoxy groups -OCH3 is 1. The molecule has 0 saturated heterocycles. The van der Waals surface area contributed by atoms with Crippen molar-refractivity contribution in [3.8, 4) is 11.5 Å². The van der Waals surface area contributed by atoms with E-state index in [9.17, 15) is 9.59 Å². The largest absolute Gasteiger partial charge is 0.493 e. The van der Waals surface area contributed by atoms with Crippen LogP contribution < -0.4 is 14.9 Å². The molecular weight excluding hydrogens is 432 g/mol. The van der Waals surface area contributed by atoms with Crippen LogP contribution >= 0.6 is 0 Å². The molecule has 34 heavy (non-hydrogen) atoms. The van der Waals surface area contributed by atoms with E-state index in [0.717, 1.165) is 24.0 Å². The van der Waals surface area contributed by atoms with Crippen molar-refractivity contribution < 1.29 is 18.7 Å². The van der Waals surface area contributed by atoms with Crippen LogP contribution in [0, 0.1) is 0 Å². The molecule has 7 heteroatoms. The van der Waals surface area contributed by atoms with Crippen molar-refractivity contribution in [1.29, 1.82) is 0 Å². The van der Waals surface area contributed by atoms with Crippen LogP contribution in [0.5, 0.6) is 11.5 Å². The highest BCUT2D eigenvalue weighted by molar-refractivity contribution is 5.99. The second-order valence-electron chi connectivity index (χ2n) is 8.82. The van der Waals surface area contributed by atoms with Crippen molar-refractivity contribution in [1.82, 2.24) is 9.80 Å². The molecule has 0 N–H and O–H groups in total. The summed E-state index contributed by atoms with van der Waals surface area (Å²) in [6.07, 6.45) is 1.68. The maximum Gasteiger partial charge on any atom is 0.290 e. The number of fused-ring (bicyclic) bond motifs is 2. The average Bonchev–Trinajstić information content (AvgIpc) is 3.12. The summed E-state index contributed by atoms with van der Waals surface area (Å²) in [4.78, 5) is 31.0. The average molecular weight is 465 g/mol. The summed E-state index contributed by atoms with van der Waals surface area (Å²) in [7, 11) is 5.49. The molecule has 0 spiro atoms. The summed E-state index contributed by atoms with van der Waals surface area (Å²) in [6, 6.07) is 10.6. The van der Waals surface area contributed by atoms with E-state index in [-0.39, 0.29) is 17.1 Å². The Morgan fingerprint density at radius 2 is 1.85 bits per heavy atom. The van der Waals surface area contributed by atoms with Crippen molar-refractivity contribution >= 4 is 16.9 Å². The molecule has 0 fully saturated rings. The van der Waals surface area contributed by atoms with Crippen molar-refractivity contribution in [2.45, 2.75) is 32.7 Å². The second kappa shape index (κ2) is 9.89. The zero-order valence-electron chi connectivity index (χ0n) is 20.5. The second-order valence-corrected chi connectivity index (χ2v) is 8.82. The van der Waals surface area contributed by atoms with Gasteiger partial charge in [-0.1, -0.05) is 26.0 Å². The fourth-order valence-electron chi connectivity index (χ4n) is 4.36. The SMILES string of the molecule is CCCOc1ccc(C2c3c(oc4ccc(CC)cc4c3=O)C(=O)N2CCN(C)C)cc1OC. The maximum absolute atomic E-state index is 13.8. The summed E-state index contributed by atoms with van der Waals surface area (Å²) < 4.78 is 17.4. The Balaban J connectivity index is 1.89. The van der Waals surface area contributed by atoms with Gasteiger partial charge in [0.15, 0.2) is 16.9 Å². The van der Waals surface area contributed by atoms with Gasteiger partial charge in [-0.25, -0.2) is 0 Å². The molecule has 1 atom stereocenters. The van der Waals surface area contributed by atoms with Gasteiger partial charge >= 0.3 is 0 Å². The molecule has 3 aromatic rings. The first-order chi connectivity index (χ1) is 16.4. The maximum atomic E-state index is 13.8. The number of hydrogen-bond donors (Lipinski definition) is 0. The molecule has 0 bridgehead atoms. The number of aryl methyl sites for hydroxylation is 1. The predicted molar refractivity (Wildman–Crippen MR) is 132 cm³/mol. The number of rotatable bonds is 9. The van der Waals surface area contributed by atoms with E-state index in [0.29, 0.717) is 47.7 Å². The Bertz CT molecular complexity index is 1260. The summed E-state index contributed by atoms with van der Waals surface area (Å²) in [5, 5.41) is 0.500. The highest BCUT2D eigenvalue weighted by Crippen LogP contribution is 2.41. The number of carbonyl (C=O) groups is 1. The lowest BCUT2D eigenvalue weighted by molar-refractivity contribution is 0.0716. The van der Waals surface area contributed by atoms with E-state index in [1.54, 1.807) is 18.1 Å². The quantitative estimate of drug-likeness (QED) is 0.471. The van der Waals surface area contributed by atoms with E-state index in [2.05, 4.69) is 0 Å². The normalized spacial score (nSPS) is 15.3. The zero-order chi connectivity index (χ0) is 24.4.